The van der Waals surface area contributed by atoms with Crippen LogP contribution in [0.5, 0.6) is 0 Å². The van der Waals surface area contributed by atoms with Crippen LogP contribution in [0.2, 0.25) is 0 Å². The molecule has 0 aliphatic heterocycles. The van der Waals surface area contributed by atoms with Crippen LogP contribution in [-0.2, 0) is 32.7 Å². The maximum absolute atomic E-state index is 12.9. The van der Waals surface area contributed by atoms with Crippen LogP contribution in [0.15, 0.2) is 207 Å². The number of phosphoric acid groups is 1. The highest BCUT2D eigenvalue weighted by molar-refractivity contribution is 7.45. The van der Waals surface area contributed by atoms with Crippen LogP contribution in [0.3, 0.4) is 0 Å². The summed E-state index contributed by atoms with van der Waals surface area (Å²) in [6.45, 7) is 3.95. The lowest BCUT2D eigenvalue weighted by molar-refractivity contribution is -0.870. The molecule has 0 fully saturated rings. The maximum Gasteiger partial charge on any atom is 0.306 e. The van der Waals surface area contributed by atoms with Gasteiger partial charge in [-0.1, -0.05) is 291 Å². The molecule has 0 aromatic rings. The van der Waals surface area contributed by atoms with Crippen LogP contribution in [0.4, 0.5) is 0 Å². The number of quaternary nitrogens is 1. The van der Waals surface area contributed by atoms with Crippen molar-refractivity contribution in [3.63, 3.8) is 0 Å². The molecule has 0 spiro atoms. The molecule has 10 heteroatoms. The van der Waals surface area contributed by atoms with Crippen LogP contribution in [-0.4, -0.2) is 70.0 Å². The molecule has 0 aromatic carbocycles. The molecule has 0 bridgehead atoms. The molecule has 0 aliphatic rings. The predicted octanol–water partition coefficient (Wildman–Crippen LogP) is 23.2. The van der Waals surface area contributed by atoms with Crippen molar-refractivity contribution in [1.29, 1.82) is 0 Å². The van der Waals surface area contributed by atoms with E-state index in [1.54, 1.807) is 0 Å². The van der Waals surface area contributed by atoms with E-state index in [9.17, 15) is 19.0 Å². The Balaban J connectivity index is 4.21. The molecule has 516 valence electrons. The number of unbranched alkanes of at least 4 members (excludes halogenated alkanes) is 15. The van der Waals surface area contributed by atoms with Crippen LogP contribution in [0, 0.1) is 0 Å². The average molecular weight is 1290 g/mol. The third-order valence-corrected chi connectivity index (χ3v) is 15.3. The van der Waals surface area contributed by atoms with E-state index in [-0.39, 0.29) is 26.1 Å². The summed E-state index contributed by atoms with van der Waals surface area (Å²) in [7, 11) is 1.11. The van der Waals surface area contributed by atoms with Gasteiger partial charge in [-0.05, 0) is 148 Å². The van der Waals surface area contributed by atoms with E-state index in [0.29, 0.717) is 23.9 Å². The van der Waals surface area contributed by atoms with E-state index in [4.69, 9.17) is 18.5 Å². The number of nitrogens with zero attached hydrogens (tertiary/aromatic N) is 1. The molecule has 0 amide bonds. The van der Waals surface area contributed by atoms with E-state index < -0.39 is 32.5 Å². The van der Waals surface area contributed by atoms with Crippen molar-refractivity contribution >= 4 is 19.8 Å². The average Bonchev–Trinajstić information content (AvgIpc) is 2.34. The number of phosphoric ester groups is 1. The van der Waals surface area contributed by atoms with E-state index in [1.165, 1.54) is 57.8 Å². The zero-order chi connectivity index (χ0) is 66.9. The van der Waals surface area contributed by atoms with Crippen LogP contribution < -0.4 is 4.89 Å². The highest BCUT2D eigenvalue weighted by atomic mass is 31.2. The minimum absolute atomic E-state index is 0.0493. The molecule has 2 atom stereocenters. The number of likely N-dealkylation sites (N-methyl/N-ethyl adjacent to an activating group) is 1. The summed E-state index contributed by atoms with van der Waals surface area (Å²) < 4.78 is 34.3. The zero-order valence-corrected chi connectivity index (χ0v) is 59.5. The second-order valence-electron chi connectivity index (χ2n) is 24.1. The van der Waals surface area contributed by atoms with Gasteiger partial charge in [0.05, 0.1) is 27.7 Å². The molecule has 0 saturated carbocycles. The van der Waals surface area contributed by atoms with Gasteiger partial charge in [-0.15, -0.1) is 0 Å². The van der Waals surface area contributed by atoms with Gasteiger partial charge in [0.15, 0.2) is 6.10 Å². The smallest absolute Gasteiger partial charge is 0.306 e. The van der Waals surface area contributed by atoms with Gasteiger partial charge in [0.25, 0.3) is 7.82 Å². The van der Waals surface area contributed by atoms with Gasteiger partial charge in [-0.25, -0.2) is 0 Å². The predicted molar refractivity (Wildman–Crippen MR) is 396 cm³/mol. The molecule has 0 aromatic heterocycles. The summed E-state index contributed by atoms with van der Waals surface area (Å²) in [6, 6.07) is 0. The summed E-state index contributed by atoms with van der Waals surface area (Å²) in [5.41, 5.74) is 0. The number of hydrogen-bond donors (Lipinski definition) is 0. The van der Waals surface area contributed by atoms with Crippen molar-refractivity contribution in [2.24, 2.45) is 0 Å². The van der Waals surface area contributed by atoms with Gasteiger partial charge in [0.1, 0.15) is 19.8 Å². The molecule has 0 N–H and O–H groups in total. The number of rotatable bonds is 63. The Morgan fingerprint density at radius 1 is 0.337 bits per heavy atom. The largest absolute Gasteiger partial charge is 0.756 e. The fourth-order valence-electron chi connectivity index (χ4n) is 8.90. The molecule has 0 radical (unpaired) electrons. The van der Waals surface area contributed by atoms with Gasteiger partial charge >= 0.3 is 11.9 Å². The van der Waals surface area contributed by atoms with Crippen molar-refractivity contribution in [2.45, 2.75) is 251 Å². The molecule has 0 aliphatic carbocycles. The third-order valence-electron chi connectivity index (χ3n) is 14.3. The number of carbonyl (C=O) groups is 2. The van der Waals surface area contributed by atoms with Crippen LogP contribution in [0.1, 0.15) is 245 Å². The first-order valence-electron chi connectivity index (χ1n) is 35.8. The second-order valence-corrected chi connectivity index (χ2v) is 25.5. The van der Waals surface area contributed by atoms with E-state index in [0.717, 1.165) is 148 Å². The number of allylic oxidation sites excluding steroid dienone is 34. The number of hydrogen-bond acceptors (Lipinski definition) is 8. The van der Waals surface area contributed by atoms with Crippen molar-refractivity contribution in [3.8, 4) is 0 Å². The molecule has 0 saturated heterocycles. The topological polar surface area (TPSA) is 111 Å². The maximum atomic E-state index is 12.9. The molecule has 92 heavy (non-hydrogen) atoms. The molecule has 0 rings (SSSR count). The first-order chi connectivity index (χ1) is 45.0. The van der Waals surface area contributed by atoms with Gasteiger partial charge in [0, 0.05) is 12.8 Å². The van der Waals surface area contributed by atoms with Crippen molar-refractivity contribution in [3.05, 3.63) is 207 Å². The molecule has 9 nitrogen and oxygen atoms in total. The lowest BCUT2D eigenvalue weighted by atomic mass is 10.0. The molecule has 2 unspecified atom stereocenters. The second kappa shape index (κ2) is 69.9. The number of ether oxygens (including phenoxy) is 2. The minimum atomic E-state index is -4.67. The Kier molecular flexibility index (Phi) is 65.8. The Morgan fingerprint density at radius 3 is 0.880 bits per heavy atom. The summed E-state index contributed by atoms with van der Waals surface area (Å²) in [5, 5.41) is 0. The molecular formula is C82H130NO8P. The summed E-state index contributed by atoms with van der Waals surface area (Å²) in [5.74, 6) is -0.888. The minimum Gasteiger partial charge on any atom is -0.756 e. The monoisotopic (exact) mass is 1290 g/mol. The Labute approximate surface area is 564 Å². The quantitative estimate of drug-likeness (QED) is 0.0195. The standard InChI is InChI=1S/C82H130NO8P/c1-6-8-10-12-14-16-18-20-22-24-26-28-30-32-34-36-38-39-40-41-42-43-45-47-49-51-53-55-57-59-61-63-65-67-69-71-73-75-82(85)91-80(79-90-92(86,87)89-77-76-83(3,4)5)78-88-81(84)74-72-70-68-66-64-62-60-58-56-54-52-50-48-46-44-37-35-33-31-29-27-25-23-21-19-17-15-13-11-9-7-2/h8-11,14-17,20-23,26-29,32-35,38-39,41-42,44-47,51,53,57,59,63,65,80H,6-7,12-13,18-19,24-25,30-31,36-37,40,43,48-50,52,54-56,58,60-62,64,66-79H2,1-5H3/b10-8-,11-9-,16-14-,17-15-,22-20-,23-21-,28-26-,29-27-,34-32-,35-33-,39-38-,42-41-,46-44-,47-45-,53-51-,59-57-,65-63-. The fraction of sp³-hybridized carbons (Fsp3) is 0.561. The van der Waals surface area contributed by atoms with E-state index in [2.05, 4.69) is 220 Å². The Bertz CT molecular complexity index is 2310. The van der Waals surface area contributed by atoms with Crippen LogP contribution in [0.25, 0.3) is 0 Å². The molecule has 0 heterocycles. The lowest BCUT2D eigenvalue weighted by Gasteiger charge is -2.28. The van der Waals surface area contributed by atoms with Crippen molar-refractivity contribution in [1.82, 2.24) is 0 Å². The van der Waals surface area contributed by atoms with Gasteiger partial charge in [0.2, 0.25) is 0 Å². The van der Waals surface area contributed by atoms with Gasteiger partial charge in [-0.3, -0.25) is 14.2 Å². The summed E-state index contributed by atoms with van der Waals surface area (Å²) in [4.78, 5) is 38.1. The van der Waals surface area contributed by atoms with Crippen molar-refractivity contribution < 1.29 is 42.1 Å². The molecular weight excluding hydrogens is 1160 g/mol. The Morgan fingerprint density at radius 2 is 0.587 bits per heavy atom. The zero-order valence-electron chi connectivity index (χ0n) is 58.7. The van der Waals surface area contributed by atoms with Crippen LogP contribution >= 0.6 is 7.82 Å². The normalized spacial score (nSPS) is 14.4. The summed E-state index contributed by atoms with van der Waals surface area (Å²) in [6.07, 6.45) is 110. The van der Waals surface area contributed by atoms with Gasteiger partial charge in [-0.2, -0.15) is 0 Å². The first-order valence-corrected chi connectivity index (χ1v) is 37.3. The third kappa shape index (κ3) is 73.6. The lowest BCUT2D eigenvalue weighted by Crippen LogP contribution is -2.37. The highest BCUT2D eigenvalue weighted by Gasteiger charge is 2.22. The van der Waals surface area contributed by atoms with E-state index in [1.807, 2.05) is 21.1 Å². The summed E-state index contributed by atoms with van der Waals surface area (Å²) >= 11 is 0. The number of carbonyl (C=O) groups excluding carboxylic acids is 2. The number of esters is 2. The van der Waals surface area contributed by atoms with Gasteiger partial charge < -0.3 is 27.9 Å². The van der Waals surface area contributed by atoms with Crippen molar-refractivity contribution in [2.75, 3.05) is 47.5 Å². The highest BCUT2D eigenvalue weighted by Crippen LogP contribution is 2.38. The first kappa shape index (κ1) is 86.6. The fourth-order valence-corrected chi connectivity index (χ4v) is 9.63. The van der Waals surface area contributed by atoms with E-state index >= 15 is 0 Å². The Hall–Kier alpha value is -5.41. The SMILES string of the molecule is CC/C=C\C/C=C\C/C=C\C/C=C\C/C=C\C/C=C\C/C=C\C/C=C\C/C=C\C/C=C\C/C=C\CCCCCC(=O)OC(COC(=O)CCCCCCCCCCCCCC/C=C\C/C=C\C/C=C\C/C=C\C/C=C\C/C=C\CC)COP(=O)([O-])OCC[N+](C)(C)C.